The van der Waals surface area contributed by atoms with Crippen LogP contribution in [0.25, 0.3) is 0 Å². The van der Waals surface area contributed by atoms with Crippen molar-refractivity contribution in [1.29, 1.82) is 0 Å². The van der Waals surface area contributed by atoms with Crippen molar-refractivity contribution >= 4 is 0 Å². The van der Waals surface area contributed by atoms with E-state index in [0.29, 0.717) is 5.92 Å². The van der Waals surface area contributed by atoms with E-state index in [0.717, 1.165) is 25.7 Å². The molecule has 3 heteroatoms. The van der Waals surface area contributed by atoms with Crippen LogP contribution in [-0.4, -0.2) is 28.5 Å². The lowest BCUT2D eigenvalue weighted by Gasteiger charge is -2.35. The van der Waals surface area contributed by atoms with Gasteiger partial charge in [0.2, 0.25) is 0 Å². The third kappa shape index (κ3) is 2.44. The fourth-order valence-electron chi connectivity index (χ4n) is 1.84. The van der Waals surface area contributed by atoms with Crippen LogP contribution in [0.3, 0.4) is 0 Å². The number of aliphatic hydroxyl groups excluding tert-OH is 1. The van der Waals surface area contributed by atoms with Crippen LogP contribution in [0.2, 0.25) is 0 Å². The highest BCUT2D eigenvalue weighted by molar-refractivity contribution is 4.85. The highest BCUT2D eigenvalue weighted by Crippen LogP contribution is 2.32. The molecule has 1 aliphatic carbocycles. The molecule has 1 fully saturated rings. The van der Waals surface area contributed by atoms with Crippen LogP contribution in [0.4, 0.5) is 0 Å². The highest BCUT2D eigenvalue weighted by atomic mass is 16.3. The Morgan fingerprint density at radius 1 is 1.50 bits per heavy atom. The summed E-state index contributed by atoms with van der Waals surface area (Å²) < 4.78 is 0. The molecule has 0 aromatic carbocycles. The Bertz CT molecular complexity index is 137. The van der Waals surface area contributed by atoms with E-state index in [2.05, 4.69) is 0 Å². The topological polar surface area (TPSA) is 66.5 Å². The van der Waals surface area contributed by atoms with Gasteiger partial charge in [0.15, 0.2) is 0 Å². The lowest BCUT2D eigenvalue weighted by Crippen LogP contribution is -2.40. The molecule has 3 nitrogen and oxygen atoms in total. The molecule has 0 bridgehead atoms. The molecule has 0 amide bonds. The highest BCUT2D eigenvalue weighted by Gasteiger charge is 2.30. The molecule has 0 aliphatic heterocycles. The van der Waals surface area contributed by atoms with Gasteiger partial charge in [0.05, 0.1) is 12.2 Å². The van der Waals surface area contributed by atoms with Crippen LogP contribution in [0.1, 0.15) is 32.6 Å². The maximum atomic E-state index is 9.64. The van der Waals surface area contributed by atoms with Crippen LogP contribution in [0.15, 0.2) is 0 Å². The molecule has 0 aromatic heterocycles. The normalized spacial score (nSPS) is 39.5. The minimum absolute atomic E-state index is 0.0623. The summed E-state index contributed by atoms with van der Waals surface area (Å²) in [7, 11) is 0. The zero-order valence-electron chi connectivity index (χ0n) is 7.66. The van der Waals surface area contributed by atoms with Gasteiger partial charge in [0.25, 0.3) is 0 Å². The van der Waals surface area contributed by atoms with E-state index in [-0.39, 0.29) is 12.6 Å². The summed E-state index contributed by atoms with van der Waals surface area (Å²) in [6.07, 6.45) is 3.50. The standard InChI is InChI=1S/C9H19NO2/c1-9(12)4-2-7(3-5-9)8(10)6-11/h7-8,11-12H,2-6,10H2,1H3/t7?,8-,9?/m0/s1. The Balaban J connectivity index is 2.36. The van der Waals surface area contributed by atoms with Gasteiger partial charge in [0.1, 0.15) is 0 Å². The molecule has 1 saturated carbocycles. The van der Waals surface area contributed by atoms with Gasteiger partial charge in [-0.3, -0.25) is 0 Å². The van der Waals surface area contributed by atoms with E-state index < -0.39 is 5.60 Å². The second-order valence-corrected chi connectivity index (χ2v) is 4.18. The average molecular weight is 173 g/mol. The number of hydrogen-bond acceptors (Lipinski definition) is 3. The minimum atomic E-state index is -0.494. The van der Waals surface area contributed by atoms with Gasteiger partial charge in [-0.15, -0.1) is 0 Å². The first-order valence-corrected chi connectivity index (χ1v) is 4.64. The predicted octanol–water partition coefficient (Wildman–Crippen LogP) is 0.247. The molecule has 1 aliphatic rings. The summed E-state index contributed by atoms with van der Waals surface area (Å²) in [5, 5.41) is 18.5. The summed E-state index contributed by atoms with van der Waals surface area (Å²) in [5.74, 6) is 0.398. The monoisotopic (exact) mass is 173 g/mol. The van der Waals surface area contributed by atoms with Crippen LogP contribution in [0.5, 0.6) is 0 Å². The maximum absolute atomic E-state index is 9.64. The molecule has 1 rings (SSSR count). The van der Waals surface area contributed by atoms with E-state index in [4.69, 9.17) is 10.8 Å². The fraction of sp³-hybridized carbons (Fsp3) is 1.00. The first kappa shape index (κ1) is 9.96. The molecule has 0 unspecified atom stereocenters. The Morgan fingerprint density at radius 3 is 2.42 bits per heavy atom. The van der Waals surface area contributed by atoms with Gasteiger partial charge in [0, 0.05) is 6.04 Å². The van der Waals surface area contributed by atoms with Crippen molar-refractivity contribution in [3.63, 3.8) is 0 Å². The van der Waals surface area contributed by atoms with Crippen molar-refractivity contribution in [2.45, 2.75) is 44.2 Å². The van der Waals surface area contributed by atoms with Gasteiger partial charge >= 0.3 is 0 Å². The van der Waals surface area contributed by atoms with Gasteiger partial charge < -0.3 is 15.9 Å². The summed E-state index contributed by atoms with van der Waals surface area (Å²) in [4.78, 5) is 0. The van der Waals surface area contributed by atoms with E-state index in [1.807, 2.05) is 6.92 Å². The quantitative estimate of drug-likeness (QED) is 0.560. The predicted molar refractivity (Wildman–Crippen MR) is 47.6 cm³/mol. The zero-order chi connectivity index (χ0) is 9.19. The Kier molecular flexibility index (Phi) is 3.09. The molecule has 0 saturated heterocycles. The van der Waals surface area contributed by atoms with Crippen molar-refractivity contribution in [2.24, 2.45) is 11.7 Å². The second kappa shape index (κ2) is 3.73. The van der Waals surface area contributed by atoms with Crippen molar-refractivity contribution in [3.8, 4) is 0 Å². The van der Waals surface area contributed by atoms with Crippen molar-refractivity contribution in [2.75, 3.05) is 6.61 Å². The van der Waals surface area contributed by atoms with E-state index in [1.54, 1.807) is 0 Å². The molecule has 0 aromatic rings. The minimum Gasteiger partial charge on any atom is -0.395 e. The van der Waals surface area contributed by atoms with Crippen LogP contribution < -0.4 is 5.73 Å². The smallest absolute Gasteiger partial charge is 0.0620 e. The summed E-state index contributed by atoms with van der Waals surface area (Å²) in [6.45, 7) is 1.93. The molecule has 12 heavy (non-hydrogen) atoms. The SMILES string of the molecule is CC1(O)CCC([C@@H](N)CO)CC1. The Morgan fingerprint density at radius 2 is 2.00 bits per heavy atom. The Hall–Kier alpha value is -0.120. The molecule has 0 heterocycles. The number of hydrogen-bond donors (Lipinski definition) is 3. The molecular formula is C9H19NO2. The van der Waals surface area contributed by atoms with E-state index >= 15 is 0 Å². The summed E-state index contributed by atoms with van der Waals surface area (Å²) >= 11 is 0. The number of rotatable bonds is 2. The lowest BCUT2D eigenvalue weighted by atomic mass is 9.77. The first-order chi connectivity index (χ1) is 5.55. The third-order valence-corrected chi connectivity index (χ3v) is 2.92. The second-order valence-electron chi connectivity index (χ2n) is 4.18. The Labute approximate surface area is 73.6 Å². The molecule has 0 spiro atoms. The largest absolute Gasteiger partial charge is 0.395 e. The van der Waals surface area contributed by atoms with Crippen LogP contribution >= 0.6 is 0 Å². The molecule has 72 valence electrons. The average Bonchev–Trinajstić information content (AvgIpc) is 2.03. The molecular weight excluding hydrogens is 154 g/mol. The fourth-order valence-corrected chi connectivity index (χ4v) is 1.84. The maximum Gasteiger partial charge on any atom is 0.0620 e. The van der Waals surface area contributed by atoms with E-state index in [1.165, 1.54) is 0 Å². The van der Waals surface area contributed by atoms with Crippen molar-refractivity contribution in [1.82, 2.24) is 0 Å². The van der Waals surface area contributed by atoms with Crippen molar-refractivity contribution < 1.29 is 10.2 Å². The van der Waals surface area contributed by atoms with Gasteiger partial charge in [-0.25, -0.2) is 0 Å². The molecule has 0 radical (unpaired) electrons. The van der Waals surface area contributed by atoms with Crippen LogP contribution in [-0.2, 0) is 0 Å². The van der Waals surface area contributed by atoms with E-state index in [9.17, 15) is 5.11 Å². The van der Waals surface area contributed by atoms with Gasteiger partial charge in [-0.2, -0.15) is 0 Å². The first-order valence-electron chi connectivity index (χ1n) is 4.64. The third-order valence-electron chi connectivity index (χ3n) is 2.92. The number of nitrogens with two attached hydrogens (primary N) is 1. The molecule has 1 atom stereocenters. The number of aliphatic hydroxyl groups is 2. The zero-order valence-corrected chi connectivity index (χ0v) is 7.66. The van der Waals surface area contributed by atoms with Crippen molar-refractivity contribution in [3.05, 3.63) is 0 Å². The summed E-state index contributed by atoms with van der Waals surface area (Å²) in [6, 6.07) is -0.0962. The molecule has 4 N–H and O–H groups in total. The lowest BCUT2D eigenvalue weighted by molar-refractivity contribution is 0.00161. The van der Waals surface area contributed by atoms with Gasteiger partial charge in [-0.1, -0.05) is 0 Å². The summed E-state index contributed by atoms with van der Waals surface area (Å²) in [5.41, 5.74) is 5.21. The van der Waals surface area contributed by atoms with Gasteiger partial charge in [-0.05, 0) is 38.5 Å². The van der Waals surface area contributed by atoms with Crippen LogP contribution in [0, 0.1) is 5.92 Å².